The minimum absolute atomic E-state index is 0.0845. The van der Waals surface area contributed by atoms with Crippen LogP contribution in [0.3, 0.4) is 0 Å². The molecular formula is C26H27NO5S. The van der Waals surface area contributed by atoms with E-state index in [0.29, 0.717) is 23.4 Å². The van der Waals surface area contributed by atoms with Gasteiger partial charge in [0.05, 0.1) is 4.90 Å². The highest BCUT2D eigenvalue weighted by atomic mass is 32.2. The SMILES string of the molecule is CC(C)NCC(O)COc1ccc(S(=O)(=O)c2oc3ccccc3c2-c2ccccc2)cc1. The second-order valence-corrected chi connectivity index (χ2v) is 9.98. The van der Waals surface area contributed by atoms with Gasteiger partial charge in [0.25, 0.3) is 0 Å². The molecule has 1 heterocycles. The summed E-state index contributed by atoms with van der Waals surface area (Å²) in [7, 11) is -3.93. The van der Waals surface area contributed by atoms with Crippen molar-refractivity contribution in [2.24, 2.45) is 0 Å². The number of hydrogen-bond donors (Lipinski definition) is 2. The topological polar surface area (TPSA) is 88.8 Å². The number of sulfone groups is 1. The van der Waals surface area contributed by atoms with Crippen LogP contribution >= 0.6 is 0 Å². The monoisotopic (exact) mass is 465 g/mol. The molecule has 1 atom stereocenters. The molecule has 0 fully saturated rings. The van der Waals surface area contributed by atoms with Crippen molar-refractivity contribution < 1.29 is 22.7 Å². The molecule has 0 aliphatic rings. The van der Waals surface area contributed by atoms with Gasteiger partial charge >= 0.3 is 0 Å². The Hall–Kier alpha value is -3.13. The summed E-state index contributed by atoms with van der Waals surface area (Å²) in [5, 5.41) is 13.8. The Morgan fingerprint density at radius 1 is 0.939 bits per heavy atom. The summed E-state index contributed by atoms with van der Waals surface area (Å²) in [6, 6.07) is 23.1. The molecule has 0 saturated carbocycles. The van der Waals surface area contributed by atoms with Crippen LogP contribution in [0.2, 0.25) is 0 Å². The quantitative estimate of drug-likeness (QED) is 0.373. The van der Waals surface area contributed by atoms with Crippen molar-refractivity contribution in [3.05, 3.63) is 78.9 Å². The summed E-state index contributed by atoms with van der Waals surface area (Å²) < 4.78 is 38.6. The number of ether oxygens (including phenoxy) is 1. The second-order valence-electron chi connectivity index (χ2n) is 8.13. The zero-order valence-corrected chi connectivity index (χ0v) is 19.4. The number of hydrogen-bond acceptors (Lipinski definition) is 6. The normalized spacial score (nSPS) is 12.8. The summed E-state index contributed by atoms with van der Waals surface area (Å²) in [5.41, 5.74) is 1.83. The van der Waals surface area contributed by atoms with Gasteiger partial charge in [0.2, 0.25) is 14.9 Å². The average molecular weight is 466 g/mol. The van der Waals surface area contributed by atoms with Gasteiger partial charge in [-0.25, -0.2) is 8.42 Å². The number of aliphatic hydroxyl groups is 1. The maximum atomic E-state index is 13.5. The molecule has 2 N–H and O–H groups in total. The molecule has 6 nitrogen and oxygen atoms in total. The van der Waals surface area contributed by atoms with Gasteiger partial charge in [0.1, 0.15) is 24.0 Å². The molecule has 0 aliphatic heterocycles. The zero-order chi connectivity index (χ0) is 23.4. The summed E-state index contributed by atoms with van der Waals surface area (Å²) in [6.45, 7) is 4.52. The van der Waals surface area contributed by atoms with Gasteiger partial charge in [-0.1, -0.05) is 62.4 Å². The molecular weight excluding hydrogens is 438 g/mol. The summed E-state index contributed by atoms with van der Waals surface area (Å²) in [5.74, 6) is 0.477. The molecule has 0 spiro atoms. The highest BCUT2D eigenvalue weighted by molar-refractivity contribution is 7.91. The van der Waals surface area contributed by atoms with Crippen LogP contribution in [0.5, 0.6) is 5.75 Å². The minimum atomic E-state index is -3.93. The number of rotatable bonds is 9. The lowest BCUT2D eigenvalue weighted by molar-refractivity contribution is 0.104. The van der Waals surface area contributed by atoms with E-state index in [1.807, 2.05) is 62.4 Å². The molecule has 4 rings (SSSR count). The number of furan rings is 1. The van der Waals surface area contributed by atoms with Crippen molar-refractivity contribution in [2.45, 2.75) is 36.0 Å². The number of aliphatic hydroxyl groups excluding tert-OH is 1. The Morgan fingerprint density at radius 2 is 1.61 bits per heavy atom. The Morgan fingerprint density at radius 3 is 2.30 bits per heavy atom. The Balaban J connectivity index is 1.62. The summed E-state index contributed by atoms with van der Waals surface area (Å²) >= 11 is 0. The summed E-state index contributed by atoms with van der Waals surface area (Å²) in [4.78, 5) is 0.105. The molecule has 0 bridgehead atoms. The van der Waals surface area contributed by atoms with Crippen LogP contribution in [0.1, 0.15) is 13.8 Å². The van der Waals surface area contributed by atoms with E-state index in [4.69, 9.17) is 9.15 Å². The Bertz CT molecular complexity index is 1310. The van der Waals surface area contributed by atoms with Gasteiger partial charge in [-0.05, 0) is 35.9 Å². The molecule has 33 heavy (non-hydrogen) atoms. The standard InChI is InChI=1S/C26H27NO5S/c1-18(2)27-16-20(28)17-31-21-12-14-22(15-13-21)33(29,30)26-25(19-8-4-3-5-9-19)23-10-6-7-11-24(23)32-26/h3-15,18,20,27-28H,16-17H2,1-2H3. The molecule has 0 saturated heterocycles. The molecule has 1 unspecified atom stereocenters. The predicted molar refractivity (Wildman–Crippen MR) is 128 cm³/mol. The first-order chi connectivity index (χ1) is 15.9. The fourth-order valence-corrected chi connectivity index (χ4v) is 4.94. The first kappa shape index (κ1) is 23.0. The molecule has 4 aromatic rings. The van der Waals surface area contributed by atoms with E-state index in [1.165, 1.54) is 12.1 Å². The van der Waals surface area contributed by atoms with Crippen LogP contribution in [-0.2, 0) is 9.84 Å². The van der Waals surface area contributed by atoms with E-state index in [1.54, 1.807) is 18.2 Å². The van der Waals surface area contributed by atoms with Crippen LogP contribution in [0, 0.1) is 0 Å². The van der Waals surface area contributed by atoms with Crippen LogP contribution in [-0.4, -0.2) is 38.8 Å². The van der Waals surface area contributed by atoms with Gasteiger partial charge in [-0.2, -0.15) is 0 Å². The molecule has 0 aliphatic carbocycles. The van der Waals surface area contributed by atoms with E-state index in [9.17, 15) is 13.5 Å². The van der Waals surface area contributed by atoms with Crippen LogP contribution in [0.25, 0.3) is 22.1 Å². The van der Waals surface area contributed by atoms with Gasteiger partial charge in [0.15, 0.2) is 0 Å². The number of para-hydroxylation sites is 1. The highest BCUT2D eigenvalue weighted by Crippen LogP contribution is 2.39. The number of nitrogens with one attached hydrogen (secondary N) is 1. The highest BCUT2D eigenvalue weighted by Gasteiger charge is 2.28. The maximum absolute atomic E-state index is 13.5. The van der Waals surface area contributed by atoms with E-state index in [2.05, 4.69) is 5.32 Å². The van der Waals surface area contributed by atoms with Crippen molar-refractivity contribution in [2.75, 3.05) is 13.2 Å². The third-order valence-electron chi connectivity index (χ3n) is 5.21. The van der Waals surface area contributed by atoms with Crippen molar-refractivity contribution >= 4 is 20.8 Å². The first-order valence-electron chi connectivity index (χ1n) is 10.8. The fraction of sp³-hybridized carbons (Fsp3) is 0.231. The molecule has 1 aromatic heterocycles. The lowest BCUT2D eigenvalue weighted by atomic mass is 10.1. The lowest BCUT2D eigenvalue weighted by Crippen LogP contribution is -2.35. The first-order valence-corrected chi connectivity index (χ1v) is 12.3. The Kier molecular flexibility index (Phi) is 6.83. The summed E-state index contributed by atoms with van der Waals surface area (Å²) in [6.07, 6.45) is -0.667. The fourth-order valence-electron chi connectivity index (χ4n) is 3.54. The molecule has 172 valence electrons. The van der Waals surface area contributed by atoms with Gasteiger partial charge in [-0.15, -0.1) is 0 Å². The van der Waals surface area contributed by atoms with Crippen molar-refractivity contribution in [3.8, 4) is 16.9 Å². The van der Waals surface area contributed by atoms with Crippen LogP contribution in [0.15, 0.2) is 93.3 Å². The Labute approximate surface area is 193 Å². The maximum Gasteiger partial charge on any atom is 0.240 e. The molecule has 0 amide bonds. The van der Waals surface area contributed by atoms with Crippen molar-refractivity contribution in [3.63, 3.8) is 0 Å². The van der Waals surface area contributed by atoms with Gasteiger partial charge in [0, 0.05) is 23.5 Å². The molecule has 7 heteroatoms. The van der Waals surface area contributed by atoms with E-state index >= 15 is 0 Å². The molecule has 0 radical (unpaired) electrons. The third kappa shape index (κ3) is 5.11. The smallest absolute Gasteiger partial charge is 0.240 e. The van der Waals surface area contributed by atoms with Crippen molar-refractivity contribution in [1.82, 2.24) is 5.32 Å². The predicted octanol–water partition coefficient (Wildman–Crippen LogP) is 4.67. The third-order valence-corrected chi connectivity index (χ3v) is 6.88. The van der Waals surface area contributed by atoms with E-state index < -0.39 is 15.9 Å². The second kappa shape index (κ2) is 9.79. The van der Waals surface area contributed by atoms with Crippen molar-refractivity contribution in [1.29, 1.82) is 0 Å². The van der Waals surface area contributed by atoms with Crippen LogP contribution < -0.4 is 10.1 Å². The van der Waals surface area contributed by atoms with Gasteiger partial charge in [-0.3, -0.25) is 0 Å². The minimum Gasteiger partial charge on any atom is -0.491 e. The van der Waals surface area contributed by atoms with Crippen LogP contribution in [0.4, 0.5) is 0 Å². The number of fused-ring (bicyclic) bond motifs is 1. The zero-order valence-electron chi connectivity index (χ0n) is 18.6. The average Bonchev–Trinajstić information content (AvgIpc) is 3.23. The van der Waals surface area contributed by atoms with Gasteiger partial charge < -0.3 is 19.6 Å². The molecule has 3 aromatic carbocycles. The lowest BCUT2D eigenvalue weighted by Gasteiger charge is -2.15. The van der Waals surface area contributed by atoms with E-state index in [-0.39, 0.29) is 22.6 Å². The largest absolute Gasteiger partial charge is 0.491 e. The number of benzene rings is 3. The van der Waals surface area contributed by atoms with E-state index in [0.717, 1.165) is 10.9 Å².